The van der Waals surface area contributed by atoms with Gasteiger partial charge in [0, 0.05) is 22.5 Å². The second-order valence-corrected chi connectivity index (χ2v) is 6.13. The Kier molecular flexibility index (Phi) is 5.27. The van der Waals surface area contributed by atoms with Crippen LogP contribution in [0.2, 0.25) is 0 Å². The smallest absolute Gasteiger partial charge is 0.248 e. The van der Waals surface area contributed by atoms with Crippen molar-refractivity contribution >= 4 is 22.9 Å². The molecule has 0 aliphatic carbocycles. The van der Waals surface area contributed by atoms with Crippen LogP contribution in [0.1, 0.15) is 22.8 Å². The van der Waals surface area contributed by atoms with Gasteiger partial charge < -0.3 is 9.72 Å². The largest absolute Gasteiger partial charge is 0.497 e. The Labute approximate surface area is 151 Å². The van der Waals surface area contributed by atoms with E-state index in [1.54, 1.807) is 31.4 Å². The Morgan fingerprint density at radius 3 is 2.65 bits per heavy atom. The molecule has 0 amide bonds. The van der Waals surface area contributed by atoms with Crippen LogP contribution in [0.5, 0.6) is 5.75 Å². The van der Waals surface area contributed by atoms with Gasteiger partial charge in [-0.3, -0.25) is 14.6 Å². The number of ether oxygens (including phenoxy) is 1. The van der Waals surface area contributed by atoms with Gasteiger partial charge in [-0.1, -0.05) is 24.3 Å². The van der Waals surface area contributed by atoms with E-state index >= 15 is 0 Å². The molecule has 0 spiro atoms. The number of hydrogen-bond acceptors (Lipinski definition) is 4. The second-order valence-electron chi connectivity index (χ2n) is 6.13. The van der Waals surface area contributed by atoms with E-state index in [4.69, 9.17) is 4.74 Å². The fraction of sp³-hybridized carbons (Fsp3) is 0.190. The number of carbonyl (C=O) groups excluding carboxylic acids is 1. The summed E-state index contributed by atoms with van der Waals surface area (Å²) < 4.78 is 5.15. The standard InChI is InChI=1S/C21H20N2O3/c1-14(12-15-6-8-16(26-2)9-7-15)22-13-20(24)18-4-3-5-19-17(18)10-11-21(25)23-19/h3-11,13-14H,12H2,1-2H3,(H,23,25). The first-order valence-electron chi connectivity index (χ1n) is 8.39. The zero-order valence-corrected chi connectivity index (χ0v) is 14.7. The highest BCUT2D eigenvalue weighted by atomic mass is 16.5. The lowest BCUT2D eigenvalue weighted by atomic mass is 10.0. The van der Waals surface area contributed by atoms with Crippen LogP contribution >= 0.6 is 0 Å². The Balaban J connectivity index is 1.73. The van der Waals surface area contributed by atoms with Gasteiger partial charge in [-0.05, 0) is 43.2 Å². The summed E-state index contributed by atoms with van der Waals surface area (Å²) >= 11 is 0. The van der Waals surface area contributed by atoms with Gasteiger partial charge in [0.25, 0.3) is 0 Å². The minimum atomic E-state index is -0.191. The van der Waals surface area contributed by atoms with Crippen LogP contribution in [0.3, 0.4) is 0 Å². The minimum absolute atomic E-state index is 0.0258. The molecule has 1 aromatic heterocycles. The molecule has 0 aliphatic heterocycles. The van der Waals surface area contributed by atoms with Gasteiger partial charge in [0.05, 0.1) is 19.4 Å². The normalized spacial score (nSPS) is 12.4. The number of methoxy groups -OCH3 is 1. The average Bonchev–Trinajstić information content (AvgIpc) is 2.66. The number of Topliss-reactive ketones (excluding diaryl/α,β-unsaturated/α-hetero) is 1. The number of nitrogens with zero attached hydrogens (tertiary/aromatic N) is 1. The van der Waals surface area contributed by atoms with E-state index in [0.29, 0.717) is 16.5 Å². The molecule has 0 saturated carbocycles. The molecule has 1 atom stereocenters. The molecular weight excluding hydrogens is 328 g/mol. The van der Waals surface area contributed by atoms with E-state index in [-0.39, 0.29) is 17.4 Å². The van der Waals surface area contributed by atoms with Gasteiger partial charge in [0.15, 0.2) is 0 Å². The Morgan fingerprint density at radius 2 is 1.92 bits per heavy atom. The maximum Gasteiger partial charge on any atom is 0.248 e. The predicted molar refractivity (Wildman–Crippen MR) is 104 cm³/mol. The van der Waals surface area contributed by atoms with E-state index < -0.39 is 0 Å². The quantitative estimate of drug-likeness (QED) is 0.548. The topological polar surface area (TPSA) is 71.5 Å². The molecule has 0 saturated heterocycles. The van der Waals surface area contributed by atoms with Gasteiger partial charge in [-0.2, -0.15) is 0 Å². The molecule has 26 heavy (non-hydrogen) atoms. The van der Waals surface area contributed by atoms with Gasteiger partial charge in [0.2, 0.25) is 11.3 Å². The molecule has 132 valence electrons. The molecule has 0 aliphatic rings. The zero-order chi connectivity index (χ0) is 18.5. The third-order valence-corrected chi connectivity index (χ3v) is 4.17. The first-order chi connectivity index (χ1) is 12.6. The highest BCUT2D eigenvalue weighted by Gasteiger charge is 2.09. The van der Waals surface area contributed by atoms with Crippen LogP contribution in [-0.2, 0) is 6.42 Å². The Bertz CT molecular complexity index is 1000. The number of rotatable bonds is 6. The van der Waals surface area contributed by atoms with Crippen LogP contribution in [0.15, 0.2) is 64.4 Å². The number of ketones is 1. The molecule has 0 radical (unpaired) electrons. The monoisotopic (exact) mass is 348 g/mol. The third kappa shape index (κ3) is 4.06. The molecule has 5 heteroatoms. The highest BCUT2D eigenvalue weighted by molar-refractivity contribution is 6.38. The van der Waals surface area contributed by atoms with Crippen LogP contribution in [0.25, 0.3) is 10.9 Å². The second kappa shape index (κ2) is 7.78. The van der Waals surface area contributed by atoms with Crippen LogP contribution < -0.4 is 10.3 Å². The van der Waals surface area contributed by atoms with Crippen molar-refractivity contribution in [1.82, 2.24) is 4.98 Å². The van der Waals surface area contributed by atoms with Crippen LogP contribution in [0, 0.1) is 0 Å². The van der Waals surface area contributed by atoms with E-state index in [1.165, 1.54) is 12.3 Å². The van der Waals surface area contributed by atoms with Gasteiger partial charge >= 0.3 is 0 Å². The number of benzene rings is 2. The summed E-state index contributed by atoms with van der Waals surface area (Å²) in [6.45, 7) is 1.97. The molecule has 1 N–H and O–H groups in total. The fourth-order valence-corrected chi connectivity index (χ4v) is 2.82. The lowest BCUT2D eigenvalue weighted by Crippen LogP contribution is -2.09. The first-order valence-corrected chi connectivity index (χ1v) is 8.39. The van der Waals surface area contributed by atoms with Crippen molar-refractivity contribution in [3.05, 3.63) is 76.1 Å². The fourth-order valence-electron chi connectivity index (χ4n) is 2.82. The van der Waals surface area contributed by atoms with Crippen molar-refractivity contribution in [2.45, 2.75) is 19.4 Å². The number of aromatic nitrogens is 1. The highest BCUT2D eigenvalue weighted by Crippen LogP contribution is 2.16. The number of pyridine rings is 1. The SMILES string of the molecule is COc1ccc(CC(C)N=CC(=O)c2cccc3[nH]c(=O)ccc23)cc1. The minimum Gasteiger partial charge on any atom is -0.497 e. The summed E-state index contributed by atoms with van der Waals surface area (Å²) in [5.41, 5.74) is 2.11. The summed E-state index contributed by atoms with van der Waals surface area (Å²) in [6, 6.07) is 16.1. The predicted octanol–water partition coefficient (Wildman–Crippen LogP) is 3.42. The molecule has 2 aromatic carbocycles. The maximum atomic E-state index is 12.5. The van der Waals surface area contributed by atoms with Crippen molar-refractivity contribution in [3.63, 3.8) is 0 Å². The Morgan fingerprint density at radius 1 is 1.15 bits per heavy atom. The zero-order valence-electron chi connectivity index (χ0n) is 14.7. The molecule has 0 fully saturated rings. The lowest BCUT2D eigenvalue weighted by Gasteiger charge is -2.07. The van der Waals surface area contributed by atoms with Crippen molar-refractivity contribution in [2.75, 3.05) is 7.11 Å². The lowest BCUT2D eigenvalue weighted by molar-refractivity contribution is 0.107. The number of fused-ring (bicyclic) bond motifs is 1. The molecule has 1 unspecified atom stereocenters. The van der Waals surface area contributed by atoms with Crippen molar-refractivity contribution in [1.29, 1.82) is 0 Å². The molecular formula is C21H20N2O3. The molecule has 0 bridgehead atoms. The van der Waals surface area contributed by atoms with E-state index in [0.717, 1.165) is 17.7 Å². The summed E-state index contributed by atoms with van der Waals surface area (Å²) in [6.07, 6.45) is 2.10. The third-order valence-electron chi connectivity index (χ3n) is 4.17. The number of hydrogen-bond donors (Lipinski definition) is 1. The molecule has 3 aromatic rings. The van der Waals surface area contributed by atoms with E-state index in [2.05, 4.69) is 9.98 Å². The Hall–Kier alpha value is -3.21. The summed E-state index contributed by atoms with van der Waals surface area (Å²) in [7, 11) is 1.64. The van der Waals surface area contributed by atoms with Crippen molar-refractivity contribution in [3.8, 4) is 5.75 Å². The summed E-state index contributed by atoms with van der Waals surface area (Å²) in [4.78, 5) is 31.1. The van der Waals surface area contributed by atoms with Crippen molar-refractivity contribution < 1.29 is 9.53 Å². The average molecular weight is 348 g/mol. The number of nitrogens with one attached hydrogen (secondary N) is 1. The maximum absolute atomic E-state index is 12.5. The summed E-state index contributed by atoms with van der Waals surface area (Å²) in [5, 5.41) is 0.714. The number of aromatic amines is 1. The molecule has 5 nitrogen and oxygen atoms in total. The number of carbonyl (C=O) groups is 1. The van der Waals surface area contributed by atoms with Crippen LogP contribution in [0.4, 0.5) is 0 Å². The number of H-pyrrole nitrogens is 1. The summed E-state index contributed by atoms with van der Waals surface area (Å²) in [5.74, 6) is 0.637. The van der Waals surface area contributed by atoms with Gasteiger partial charge in [0.1, 0.15) is 5.75 Å². The molecule has 3 rings (SSSR count). The number of aliphatic imine (C=N–C) groups is 1. The van der Waals surface area contributed by atoms with Gasteiger partial charge in [-0.25, -0.2) is 0 Å². The van der Waals surface area contributed by atoms with Crippen LogP contribution in [-0.4, -0.2) is 30.1 Å². The van der Waals surface area contributed by atoms with Crippen molar-refractivity contribution in [2.24, 2.45) is 4.99 Å². The molecule has 1 heterocycles. The van der Waals surface area contributed by atoms with Gasteiger partial charge in [-0.15, -0.1) is 0 Å². The van der Waals surface area contributed by atoms with E-state index in [1.807, 2.05) is 31.2 Å². The van der Waals surface area contributed by atoms with E-state index in [9.17, 15) is 9.59 Å². The first kappa shape index (κ1) is 17.6.